The van der Waals surface area contributed by atoms with E-state index >= 15 is 0 Å². The Morgan fingerprint density at radius 2 is 1.26 bits per heavy atom. The zero-order valence-corrected chi connectivity index (χ0v) is 33.0. The van der Waals surface area contributed by atoms with Crippen molar-refractivity contribution in [2.24, 2.45) is 5.92 Å². The van der Waals surface area contributed by atoms with E-state index in [1.54, 1.807) is 11.1 Å². The summed E-state index contributed by atoms with van der Waals surface area (Å²) in [5.41, 5.74) is 18.6. The Bertz CT molecular complexity index is 3010. The molecule has 280 valence electrons. The van der Waals surface area contributed by atoms with E-state index in [1.165, 1.54) is 76.6 Å². The minimum atomic E-state index is 0.101. The molecule has 2 aromatic heterocycles. The lowest BCUT2D eigenvalue weighted by atomic mass is 9.64. The highest BCUT2D eigenvalue weighted by Gasteiger charge is 2.52. The normalized spacial score (nSPS) is 19.7. The molecule has 0 radical (unpaired) electrons. The van der Waals surface area contributed by atoms with Crippen LogP contribution in [0.5, 0.6) is 0 Å². The number of aromatic nitrogens is 2. The third-order valence-electron chi connectivity index (χ3n) is 14.2. The van der Waals surface area contributed by atoms with Gasteiger partial charge in [-0.2, -0.15) is 4.98 Å². The lowest BCUT2D eigenvalue weighted by Crippen LogP contribution is -2.31. The van der Waals surface area contributed by atoms with Gasteiger partial charge in [-0.15, -0.1) is 0 Å². The van der Waals surface area contributed by atoms with Crippen molar-refractivity contribution in [3.8, 4) is 44.9 Å². The maximum Gasteiger partial charge on any atom is 0.231 e. The van der Waals surface area contributed by atoms with Gasteiger partial charge < -0.3 is 4.42 Å². The molecule has 12 rings (SSSR count). The topological polar surface area (TPSA) is 38.9 Å². The van der Waals surface area contributed by atoms with Gasteiger partial charge in [0.15, 0.2) is 5.82 Å². The summed E-state index contributed by atoms with van der Waals surface area (Å²) < 4.78 is 6.30. The van der Waals surface area contributed by atoms with Crippen molar-refractivity contribution in [3.05, 3.63) is 186 Å². The van der Waals surface area contributed by atoms with Gasteiger partial charge in [0.2, 0.25) is 5.71 Å². The average Bonchev–Trinajstić information content (AvgIpc) is 3.86. The Morgan fingerprint density at radius 1 is 0.569 bits per heavy atom. The van der Waals surface area contributed by atoms with Crippen molar-refractivity contribution in [1.29, 1.82) is 0 Å². The Balaban J connectivity index is 0.903. The molecule has 3 heteroatoms. The first-order valence-corrected chi connectivity index (χ1v) is 21.1. The monoisotopic (exact) mass is 748 g/mol. The summed E-state index contributed by atoms with van der Waals surface area (Å²) in [5, 5.41) is 1.98. The van der Waals surface area contributed by atoms with Crippen molar-refractivity contribution in [2.75, 3.05) is 0 Å². The van der Waals surface area contributed by atoms with Crippen molar-refractivity contribution in [1.82, 2.24) is 9.97 Å². The van der Waals surface area contributed by atoms with Crippen LogP contribution >= 0.6 is 0 Å². The van der Waals surface area contributed by atoms with E-state index in [2.05, 4.69) is 147 Å². The molecule has 4 aliphatic carbocycles. The molecule has 0 saturated heterocycles. The summed E-state index contributed by atoms with van der Waals surface area (Å²) in [6.07, 6.45) is 11.8. The fraction of sp³-hybridized carbons (Fsp3) is 0.200. The van der Waals surface area contributed by atoms with Gasteiger partial charge in [-0.05, 0) is 98.0 Å². The molecule has 2 atom stereocenters. The van der Waals surface area contributed by atoms with E-state index in [-0.39, 0.29) is 10.8 Å². The summed E-state index contributed by atoms with van der Waals surface area (Å²) in [5.74, 6) is 1.58. The third kappa shape index (κ3) is 4.92. The van der Waals surface area contributed by atoms with Gasteiger partial charge in [-0.3, -0.25) is 0 Å². The lowest BCUT2D eigenvalue weighted by Gasteiger charge is -2.39. The summed E-state index contributed by atoms with van der Waals surface area (Å²) in [6, 6.07) is 52.8. The van der Waals surface area contributed by atoms with Crippen LogP contribution in [0.15, 0.2) is 168 Å². The van der Waals surface area contributed by atoms with Crippen LogP contribution in [-0.4, -0.2) is 9.97 Å². The average molecular weight is 749 g/mol. The Kier molecular flexibility index (Phi) is 7.33. The molecule has 1 saturated carbocycles. The van der Waals surface area contributed by atoms with Gasteiger partial charge in [-0.1, -0.05) is 173 Å². The summed E-state index contributed by atoms with van der Waals surface area (Å²) in [4.78, 5) is 10.1. The van der Waals surface area contributed by atoms with Crippen LogP contribution in [0.4, 0.5) is 0 Å². The van der Waals surface area contributed by atoms with Gasteiger partial charge >= 0.3 is 0 Å². The quantitative estimate of drug-likeness (QED) is 0.180. The summed E-state index contributed by atoms with van der Waals surface area (Å²) >= 11 is 0. The number of allylic oxidation sites excluding steroid dienone is 4. The highest BCUT2D eigenvalue weighted by Crippen LogP contribution is 2.63. The second-order valence-corrected chi connectivity index (χ2v) is 17.6. The molecule has 8 aromatic rings. The SMILES string of the molecule is CC1(C)c2ccccc2C2C=C3C(=CC21)c1ccc(-c2cccc(-c4ccc(-c5nc(-c6ccccc6)c6c(n5)oc5ccccc56)cc4)c2)cc1C31CCCCC1. The van der Waals surface area contributed by atoms with Gasteiger partial charge in [-0.25, -0.2) is 4.98 Å². The maximum atomic E-state index is 6.30. The summed E-state index contributed by atoms with van der Waals surface area (Å²) in [6.45, 7) is 4.91. The standard InChI is InChI=1S/C55H44N2O/c1-54(2)45-20-9-7-18-40(45)43-33-48-44(32-46(43)54)41-27-26-39(31-47(41)55(48)28-11-4-12-29-55)38-17-13-16-37(30-38)34-22-24-36(25-23-34)52-56-51(35-14-5-3-6-15-35)50-42-19-8-10-21-49(42)58-53(50)57-52/h3,5-10,13-27,30-33,43,46H,4,11-12,28-29H2,1-2H3. The molecule has 1 spiro atoms. The van der Waals surface area contributed by atoms with E-state index in [1.807, 2.05) is 24.3 Å². The van der Waals surface area contributed by atoms with Gasteiger partial charge in [0, 0.05) is 27.8 Å². The fourth-order valence-electron chi connectivity index (χ4n) is 11.3. The highest BCUT2D eigenvalue weighted by atomic mass is 16.3. The molecule has 6 aromatic carbocycles. The molecule has 58 heavy (non-hydrogen) atoms. The van der Waals surface area contributed by atoms with Crippen LogP contribution in [-0.2, 0) is 10.8 Å². The first-order valence-electron chi connectivity index (χ1n) is 21.1. The first-order chi connectivity index (χ1) is 28.5. The van der Waals surface area contributed by atoms with Crippen LogP contribution in [0.2, 0.25) is 0 Å². The molecule has 4 aliphatic rings. The van der Waals surface area contributed by atoms with Crippen molar-refractivity contribution in [2.45, 2.75) is 62.7 Å². The maximum absolute atomic E-state index is 6.30. The van der Waals surface area contributed by atoms with Crippen LogP contribution in [0.1, 0.15) is 74.1 Å². The van der Waals surface area contributed by atoms with Gasteiger partial charge in [0.1, 0.15) is 5.58 Å². The number of furan rings is 1. The first kappa shape index (κ1) is 33.8. The molecule has 3 nitrogen and oxygen atoms in total. The van der Waals surface area contributed by atoms with Gasteiger partial charge in [0.25, 0.3) is 0 Å². The molecule has 0 bridgehead atoms. The molecule has 1 fully saturated rings. The van der Waals surface area contributed by atoms with Crippen LogP contribution in [0, 0.1) is 5.92 Å². The Morgan fingerprint density at radius 3 is 2.10 bits per heavy atom. The second-order valence-electron chi connectivity index (χ2n) is 17.6. The van der Waals surface area contributed by atoms with Gasteiger partial charge in [0.05, 0.1) is 11.1 Å². The van der Waals surface area contributed by atoms with Crippen LogP contribution in [0.3, 0.4) is 0 Å². The molecular weight excluding hydrogens is 705 g/mol. The van der Waals surface area contributed by atoms with Crippen molar-refractivity contribution >= 4 is 27.6 Å². The predicted molar refractivity (Wildman–Crippen MR) is 238 cm³/mol. The molecular formula is C55H44N2O. The largest absolute Gasteiger partial charge is 0.438 e. The number of benzene rings is 6. The fourth-order valence-corrected chi connectivity index (χ4v) is 11.3. The number of para-hydroxylation sites is 1. The smallest absolute Gasteiger partial charge is 0.231 e. The zero-order valence-electron chi connectivity index (χ0n) is 33.0. The minimum absolute atomic E-state index is 0.101. The lowest BCUT2D eigenvalue weighted by molar-refractivity contribution is 0.345. The van der Waals surface area contributed by atoms with Crippen molar-refractivity contribution in [3.63, 3.8) is 0 Å². The number of hydrogen-bond donors (Lipinski definition) is 0. The van der Waals surface area contributed by atoms with E-state index in [0.717, 1.165) is 33.2 Å². The molecule has 0 N–H and O–H groups in total. The van der Waals surface area contributed by atoms with Crippen LogP contribution in [0.25, 0.3) is 72.5 Å². The molecule has 0 aliphatic heterocycles. The van der Waals surface area contributed by atoms with E-state index in [9.17, 15) is 0 Å². The van der Waals surface area contributed by atoms with E-state index in [4.69, 9.17) is 14.4 Å². The Labute approximate surface area is 339 Å². The predicted octanol–water partition coefficient (Wildman–Crippen LogP) is 14.3. The number of nitrogens with zero attached hydrogens (tertiary/aromatic N) is 2. The van der Waals surface area contributed by atoms with E-state index in [0.29, 0.717) is 23.4 Å². The van der Waals surface area contributed by atoms with E-state index < -0.39 is 0 Å². The summed E-state index contributed by atoms with van der Waals surface area (Å²) in [7, 11) is 0. The molecule has 2 unspecified atom stereocenters. The third-order valence-corrected chi connectivity index (χ3v) is 14.2. The van der Waals surface area contributed by atoms with Crippen LogP contribution < -0.4 is 0 Å². The number of hydrogen-bond acceptors (Lipinski definition) is 3. The molecule has 0 amide bonds. The zero-order chi connectivity index (χ0) is 38.6. The molecule has 2 heterocycles. The number of rotatable bonds is 4. The number of fused-ring (bicyclic) bond motifs is 11. The minimum Gasteiger partial charge on any atom is -0.438 e. The van der Waals surface area contributed by atoms with Crippen molar-refractivity contribution < 1.29 is 4.42 Å². The highest BCUT2D eigenvalue weighted by molar-refractivity contribution is 6.10. The second kappa shape index (κ2) is 12.6. The Hall–Kier alpha value is -6.32.